The van der Waals surface area contributed by atoms with Crippen LogP contribution in [0.4, 0.5) is 0 Å². The van der Waals surface area contributed by atoms with Crippen LogP contribution in [0.15, 0.2) is 23.0 Å². The first kappa shape index (κ1) is 17.7. The molecule has 0 aromatic rings. The molecule has 8 nitrogen and oxygen atoms in total. The summed E-state index contributed by atoms with van der Waals surface area (Å²) in [7, 11) is 0. The minimum Gasteiger partial charge on any atom is -0.480 e. The van der Waals surface area contributed by atoms with E-state index >= 15 is 0 Å². The highest BCUT2D eigenvalue weighted by Gasteiger charge is 2.34. The quantitative estimate of drug-likeness (QED) is 0.485. The fraction of sp³-hybridized carbons (Fsp3) is 0.500. The lowest BCUT2D eigenvalue weighted by molar-refractivity contribution is -0.137. The maximum absolute atomic E-state index is 12.7. The van der Waals surface area contributed by atoms with Gasteiger partial charge in [0.15, 0.2) is 0 Å². The Kier molecular flexibility index (Phi) is 5.73. The Balaban J connectivity index is 2.30. The van der Waals surface area contributed by atoms with Gasteiger partial charge in [-0.05, 0) is 18.8 Å². The molecule has 24 heavy (non-hydrogen) atoms. The first-order chi connectivity index (χ1) is 11.4. The largest absolute Gasteiger partial charge is 0.480 e. The number of ketones is 2. The van der Waals surface area contributed by atoms with E-state index in [2.05, 4.69) is 10.6 Å². The van der Waals surface area contributed by atoms with Crippen LogP contribution in [0.3, 0.4) is 0 Å². The number of carbonyl (C=O) groups excluding carboxylic acids is 2. The fourth-order valence-electron chi connectivity index (χ4n) is 3.09. The summed E-state index contributed by atoms with van der Waals surface area (Å²) in [5, 5.41) is 22.6. The van der Waals surface area contributed by atoms with Crippen molar-refractivity contribution < 1.29 is 29.4 Å². The monoisotopic (exact) mass is 336 g/mol. The van der Waals surface area contributed by atoms with Crippen LogP contribution < -0.4 is 10.6 Å². The van der Waals surface area contributed by atoms with Crippen LogP contribution in [0, 0.1) is 5.92 Å². The van der Waals surface area contributed by atoms with Crippen LogP contribution in [0.2, 0.25) is 0 Å². The average molecular weight is 336 g/mol. The van der Waals surface area contributed by atoms with Crippen molar-refractivity contribution in [2.75, 3.05) is 13.1 Å². The first-order valence-electron chi connectivity index (χ1n) is 7.86. The Morgan fingerprint density at radius 1 is 1.00 bits per heavy atom. The number of aliphatic carboxylic acids is 2. The van der Waals surface area contributed by atoms with Crippen LogP contribution >= 0.6 is 0 Å². The van der Waals surface area contributed by atoms with Crippen LogP contribution in [0.1, 0.15) is 32.1 Å². The summed E-state index contributed by atoms with van der Waals surface area (Å²) in [6.45, 7) is -0.934. The molecular formula is C16H20N2O6. The Labute approximate surface area is 138 Å². The second kappa shape index (κ2) is 7.76. The minimum atomic E-state index is -1.14. The van der Waals surface area contributed by atoms with Crippen molar-refractivity contribution in [2.45, 2.75) is 32.1 Å². The van der Waals surface area contributed by atoms with Crippen molar-refractivity contribution in [1.29, 1.82) is 0 Å². The highest BCUT2D eigenvalue weighted by Crippen LogP contribution is 2.34. The average Bonchev–Trinajstić information content (AvgIpc) is 2.54. The third-order valence-corrected chi connectivity index (χ3v) is 4.14. The lowest BCUT2D eigenvalue weighted by Crippen LogP contribution is -2.38. The third-order valence-electron chi connectivity index (χ3n) is 4.14. The fourth-order valence-corrected chi connectivity index (χ4v) is 3.09. The Morgan fingerprint density at radius 3 is 2.17 bits per heavy atom. The van der Waals surface area contributed by atoms with Crippen LogP contribution in [-0.4, -0.2) is 46.8 Å². The van der Waals surface area contributed by atoms with Crippen LogP contribution in [0.25, 0.3) is 0 Å². The summed E-state index contributed by atoms with van der Waals surface area (Å²) in [5.41, 5.74) is 0.246. The molecule has 2 aliphatic carbocycles. The molecule has 0 spiro atoms. The molecule has 0 amide bonds. The van der Waals surface area contributed by atoms with Crippen molar-refractivity contribution in [1.82, 2.24) is 10.6 Å². The Bertz CT molecular complexity index is 628. The molecule has 4 N–H and O–H groups in total. The second-order valence-corrected chi connectivity index (χ2v) is 5.87. The molecule has 0 heterocycles. The number of hydrogen-bond acceptors (Lipinski definition) is 6. The SMILES string of the molecule is O=C(O)CNC1=CC(=O)C(NCC(=O)O)=C(C2CCCCC2)C1=O. The molecule has 0 aromatic heterocycles. The molecule has 130 valence electrons. The van der Waals surface area contributed by atoms with Crippen molar-refractivity contribution in [3.05, 3.63) is 23.0 Å². The van der Waals surface area contributed by atoms with E-state index in [9.17, 15) is 19.2 Å². The predicted molar refractivity (Wildman–Crippen MR) is 83.0 cm³/mol. The van der Waals surface area contributed by atoms with Gasteiger partial charge in [0.25, 0.3) is 0 Å². The van der Waals surface area contributed by atoms with Gasteiger partial charge in [0.1, 0.15) is 13.1 Å². The summed E-state index contributed by atoms with van der Waals surface area (Å²) in [6, 6.07) is 0. The number of Topliss-reactive ketones (excluding diaryl/α,β-unsaturated/α-hetero) is 1. The van der Waals surface area contributed by atoms with Crippen molar-refractivity contribution in [3.8, 4) is 0 Å². The van der Waals surface area contributed by atoms with Gasteiger partial charge in [-0.25, -0.2) is 0 Å². The van der Waals surface area contributed by atoms with Gasteiger partial charge in [-0.1, -0.05) is 19.3 Å². The number of carboxylic acids is 2. The summed E-state index contributed by atoms with van der Waals surface area (Å²) in [5.74, 6) is -3.35. The molecule has 0 aliphatic heterocycles. The lowest BCUT2D eigenvalue weighted by Gasteiger charge is -2.28. The van der Waals surface area contributed by atoms with Crippen LogP contribution in [0.5, 0.6) is 0 Å². The normalized spacial score (nSPS) is 19.1. The molecule has 1 fully saturated rings. The van der Waals surface area contributed by atoms with Crippen molar-refractivity contribution >= 4 is 23.5 Å². The number of nitrogens with one attached hydrogen (secondary N) is 2. The molecule has 2 rings (SSSR count). The van der Waals surface area contributed by atoms with Gasteiger partial charge in [-0.15, -0.1) is 0 Å². The highest BCUT2D eigenvalue weighted by atomic mass is 16.4. The van der Waals surface area contributed by atoms with Crippen molar-refractivity contribution in [3.63, 3.8) is 0 Å². The molecule has 0 saturated heterocycles. The second-order valence-electron chi connectivity index (χ2n) is 5.87. The number of carbonyl (C=O) groups is 4. The molecule has 0 bridgehead atoms. The van der Waals surface area contributed by atoms with Gasteiger partial charge in [0.2, 0.25) is 11.6 Å². The molecule has 0 atom stereocenters. The summed E-state index contributed by atoms with van der Waals surface area (Å²) >= 11 is 0. The Morgan fingerprint density at radius 2 is 1.58 bits per heavy atom. The van der Waals surface area contributed by atoms with E-state index in [1.165, 1.54) is 0 Å². The van der Waals surface area contributed by atoms with Gasteiger partial charge in [0, 0.05) is 11.6 Å². The number of rotatable bonds is 7. The molecule has 0 unspecified atom stereocenters. The van der Waals surface area contributed by atoms with Crippen molar-refractivity contribution in [2.24, 2.45) is 5.92 Å². The summed E-state index contributed by atoms with van der Waals surface area (Å²) < 4.78 is 0. The molecule has 8 heteroatoms. The highest BCUT2D eigenvalue weighted by molar-refractivity contribution is 6.22. The zero-order valence-corrected chi connectivity index (χ0v) is 13.1. The minimum absolute atomic E-state index is 0.0233. The van der Waals surface area contributed by atoms with Gasteiger partial charge in [0.05, 0.1) is 11.4 Å². The third kappa shape index (κ3) is 4.21. The molecule has 2 aliphatic rings. The van der Waals surface area contributed by atoms with Gasteiger partial charge in [-0.3, -0.25) is 19.2 Å². The lowest BCUT2D eigenvalue weighted by atomic mass is 9.78. The van der Waals surface area contributed by atoms with E-state index < -0.39 is 36.6 Å². The van der Waals surface area contributed by atoms with E-state index in [1.54, 1.807) is 0 Å². The van der Waals surface area contributed by atoms with Gasteiger partial charge >= 0.3 is 11.9 Å². The first-order valence-corrected chi connectivity index (χ1v) is 7.86. The molecular weight excluding hydrogens is 316 g/mol. The zero-order chi connectivity index (χ0) is 17.7. The molecule has 1 saturated carbocycles. The Hall–Kier alpha value is -2.64. The summed E-state index contributed by atoms with van der Waals surface area (Å²) in [6.07, 6.45) is 5.45. The number of hydrogen-bond donors (Lipinski definition) is 4. The standard InChI is InChI=1S/C16H20N2O6/c19-11-6-10(17-7-12(20)21)16(24)14(9-4-2-1-3-5-9)15(11)18-8-13(22)23/h6,9,17-18H,1-5,7-8H2,(H,20,21)(H,22,23). The molecule has 0 aromatic carbocycles. The maximum atomic E-state index is 12.7. The van der Waals surface area contributed by atoms with Gasteiger partial charge < -0.3 is 20.8 Å². The van der Waals surface area contributed by atoms with E-state index in [1.807, 2.05) is 0 Å². The maximum Gasteiger partial charge on any atom is 0.322 e. The van der Waals surface area contributed by atoms with E-state index in [0.29, 0.717) is 0 Å². The van der Waals surface area contributed by atoms with Crippen LogP contribution in [-0.2, 0) is 19.2 Å². The van der Waals surface area contributed by atoms with E-state index in [4.69, 9.17) is 10.2 Å². The topological polar surface area (TPSA) is 133 Å². The smallest absolute Gasteiger partial charge is 0.322 e. The molecule has 0 radical (unpaired) electrons. The summed E-state index contributed by atoms with van der Waals surface area (Å²) in [4.78, 5) is 46.5. The van der Waals surface area contributed by atoms with E-state index in [-0.39, 0.29) is 22.9 Å². The van der Waals surface area contributed by atoms with Gasteiger partial charge in [-0.2, -0.15) is 0 Å². The number of allylic oxidation sites excluding steroid dienone is 2. The zero-order valence-electron chi connectivity index (χ0n) is 13.1. The van der Waals surface area contributed by atoms with E-state index in [0.717, 1.165) is 38.2 Å². The predicted octanol–water partition coefficient (Wildman–Crippen LogP) is 0.205. The number of carboxylic acid groups (broad SMARTS) is 2.